The van der Waals surface area contributed by atoms with Crippen molar-refractivity contribution in [3.8, 4) is 0 Å². The van der Waals surface area contributed by atoms with Crippen molar-refractivity contribution < 1.29 is 17.9 Å². The Hall–Kier alpha value is -2.87. The van der Waals surface area contributed by atoms with Crippen LogP contribution in [0.4, 0.5) is 5.69 Å². The highest BCUT2D eigenvalue weighted by Gasteiger charge is 2.20. The van der Waals surface area contributed by atoms with Crippen LogP contribution < -0.4 is 10.0 Å². The van der Waals surface area contributed by atoms with Crippen LogP contribution in [0.1, 0.15) is 42.5 Å². The average molecular weight is 416 g/mol. The molecular formula is C21H25N3O4S. The van der Waals surface area contributed by atoms with Gasteiger partial charge in [0.15, 0.2) is 0 Å². The summed E-state index contributed by atoms with van der Waals surface area (Å²) in [6.45, 7) is 0. The third-order valence-electron chi connectivity index (χ3n) is 4.76. The lowest BCUT2D eigenvalue weighted by molar-refractivity contribution is 0.0602. The molecule has 29 heavy (non-hydrogen) atoms. The van der Waals surface area contributed by atoms with E-state index in [1.165, 1.54) is 19.2 Å². The first kappa shape index (κ1) is 20.9. The number of nitrogens with one attached hydrogen (secondary N) is 2. The molecule has 0 heterocycles. The minimum Gasteiger partial charge on any atom is -0.465 e. The van der Waals surface area contributed by atoms with Crippen LogP contribution >= 0.6 is 0 Å². The Kier molecular flexibility index (Phi) is 6.87. The Morgan fingerprint density at radius 1 is 1.00 bits per heavy atom. The zero-order chi connectivity index (χ0) is 20.7. The van der Waals surface area contributed by atoms with Crippen molar-refractivity contribution in [2.75, 3.05) is 12.4 Å². The molecule has 0 amide bonds. The van der Waals surface area contributed by atoms with Crippen molar-refractivity contribution in [1.82, 2.24) is 4.72 Å². The molecule has 1 fully saturated rings. The number of ether oxygens (including phenoxy) is 1. The predicted molar refractivity (Wildman–Crippen MR) is 112 cm³/mol. The number of esters is 1. The second-order valence-corrected chi connectivity index (χ2v) is 8.53. The molecule has 3 rings (SSSR count). The first-order chi connectivity index (χ1) is 14.0. The van der Waals surface area contributed by atoms with E-state index in [1.807, 2.05) is 0 Å². The number of aliphatic imine (C=N–C) groups is 1. The summed E-state index contributed by atoms with van der Waals surface area (Å²) in [5.74, 6) is -0.423. The monoisotopic (exact) mass is 415 g/mol. The normalized spacial score (nSPS) is 15.6. The lowest BCUT2D eigenvalue weighted by Crippen LogP contribution is -2.37. The molecule has 0 aliphatic heterocycles. The highest BCUT2D eigenvalue weighted by molar-refractivity contribution is 7.90. The van der Waals surface area contributed by atoms with Crippen LogP contribution in [0.3, 0.4) is 0 Å². The standard InChI is InChI=1S/C21H25N3O4S/c1-28-20(25)18-14-8-9-15-19(18)23-21(22-16-10-4-2-5-11-16)24-29(26,27)17-12-6-3-7-13-17/h3,6-9,12-16H,2,4-5,10-11H2,1H3,(H2,22,23,24). The Bertz CT molecular complexity index is 968. The van der Waals surface area contributed by atoms with E-state index < -0.39 is 16.0 Å². The van der Waals surface area contributed by atoms with Crippen molar-refractivity contribution in [3.05, 3.63) is 60.2 Å². The van der Waals surface area contributed by atoms with Gasteiger partial charge in [0, 0.05) is 0 Å². The average Bonchev–Trinajstić information content (AvgIpc) is 2.74. The Labute approximate surface area is 171 Å². The van der Waals surface area contributed by atoms with Crippen LogP contribution in [-0.4, -0.2) is 33.5 Å². The number of rotatable bonds is 5. The molecule has 0 spiro atoms. The van der Waals surface area contributed by atoms with Gasteiger partial charge in [0.25, 0.3) is 10.0 Å². The van der Waals surface area contributed by atoms with Gasteiger partial charge in [0.1, 0.15) is 0 Å². The molecule has 2 aromatic carbocycles. The summed E-state index contributed by atoms with van der Waals surface area (Å²) in [6.07, 6.45) is 5.08. The molecular weight excluding hydrogens is 390 g/mol. The van der Waals surface area contributed by atoms with Crippen LogP contribution in [-0.2, 0) is 14.8 Å². The van der Waals surface area contributed by atoms with E-state index in [0.717, 1.165) is 32.1 Å². The van der Waals surface area contributed by atoms with Crippen LogP contribution in [0.25, 0.3) is 0 Å². The fourth-order valence-electron chi connectivity index (χ4n) is 3.27. The lowest BCUT2D eigenvalue weighted by Gasteiger charge is -2.21. The highest BCUT2D eigenvalue weighted by Crippen LogP contribution is 2.22. The first-order valence-corrected chi connectivity index (χ1v) is 11.1. The number of carbonyl (C=O) groups excluding carboxylic acids is 1. The number of carbonyl (C=O) groups is 1. The Morgan fingerprint density at radius 2 is 1.66 bits per heavy atom. The van der Waals surface area contributed by atoms with Gasteiger partial charge in [-0.2, -0.15) is 0 Å². The molecule has 0 unspecified atom stereocenters. The summed E-state index contributed by atoms with van der Waals surface area (Å²) in [5, 5.41) is 2.99. The molecule has 2 N–H and O–H groups in total. The van der Waals surface area contributed by atoms with Crippen molar-refractivity contribution in [3.63, 3.8) is 0 Å². The third-order valence-corrected chi connectivity index (χ3v) is 6.11. The first-order valence-electron chi connectivity index (χ1n) is 9.59. The van der Waals surface area contributed by atoms with Crippen molar-refractivity contribution >= 4 is 27.6 Å². The summed E-state index contributed by atoms with van der Waals surface area (Å²) in [5.41, 5.74) is 0.718. The maximum atomic E-state index is 12.8. The quantitative estimate of drug-likeness (QED) is 0.442. The number of hydrogen-bond acceptors (Lipinski definition) is 5. The number of methoxy groups -OCH3 is 1. The van der Waals surface area contributed by atoms with Crippen LogP contribution in [0, 0.1) is 0 Å². The van der Waals surface area contributed by atoms with Gasteiger partial charge in [0.05, 0.1) is 29.3 Å². The minimum absolute atomic E-state index is 0.0232. The van der Waals surface area contributed by atoms with E-state index in [-0.39, 0.29) is 16.9 Å². The summed E-state index contributed by atoms with van der Waals surface area (Å²) < 4.78 is 33.0. The molecule has 8 heteroatoms. The Balaban J connectivity index is 1.92. The number of benzene rings is 2. The molecule has 2 aromatic rings. The number of hydrogen-bond donors (Lipinski definition) is 2. The zero-order valence-corrected chi connectivity index (χ0v) is 17.1. The second-order valence-electron chi connectivity index (χ2n) is 6.85. The van der Waals surface area contributed by atoms with Crippen molar-refractivity contribution in [1.29, 1.82) is 0 Å². The van der Waals surface area contributed by atoms with Gasteiger partial charge in [0.2, 0.25) is 5.96 Å². The van der Waals surface area contributed by atoms with Gasteiger partial charge in [-0.1, -0.05) is 49.6 Å². The van der Waals surface area contributed by atoms with Gasteiger partial charge in [-0.15, -0.1) is 0 Å². The number of anilines is 1. The van der Waals surface area contributed by atoms with Crippen molar-refractivity contribution in [2.24, 2.45) is 4.99 Å². The largest absolute Gasteiger partial charge is 0.465 e. The third kappa shape index (κ3) is 5.57. The summed E-state index contributed by atoms with van der Waals surface area (Å²) in [4.78, 5) is 16.8. The van der Waals surface area contributed by atoms with Crippen molar-refractivity contribution in [2.45, 2.75) is 43.0 Å². The molecule has 1 aliphatic carbocycles. The Morgan fingerprint density at radius 3 is 2.34 bits per heavy atom. The summed E-state index contributed by atoms with van der Waals surface area (Å²) in [6, 6.07) is 14.9. The lowest BCUT2D eigenvalue weighted by atomic mass is 9.96. The van der Waals surface area contributed by atoms with Gasteiger partial charge >= 0.3 is 5.97 Å². The number of sulfonamides is 1. The summed E-state index contributed by atoms with van der Waals surface area (Å²) in [7, 11) is -2.53. The second kappa shape index (κ2) is 9.56. The van der Waals surface area contributed by atoms with Crippen LogP contribution in [0.5, 0.6) is 0 Å². The molecule has 0 bridgehead atoms. The molecule has 1 aliphatic rings. The fourth-order valence-corrected chi connectivity index (χ4v) is 4.26. The summed E-state index contributed by atoms with van der Waals surface area (Å²) >= 11 is 0. The van der Waals surface area contributed by atoms with Gasteiger partial charge < -0.3 is 10.1 Å². The van der Waals surface area contributed by atoms with E-state index in [2.05, 4.69) is 15.0 Å². The van der Waals surface area contributed by atoms with Gasteiger partial charge in [-0.05, 0) is 37.1 Å². The van der Waals surface area contributed by atoms with Crippen LogP contribution in [0.15, 0.2) is 64.5 Å². The van der Waals surface area contributed by atoms with E-state index in [9.17, 15) is 13.2 Å². The van der Waals surface area contributed by atoms with E-state index in [0.29, 0.717) is 11.3 Å². The molecule has 7 nitrogen and oxygen atoms in total. The number of nitrogens with zero attached hydrogens (tertiary/aromatic N) is 1. The predicted octanol–water partition coefficient (Wildman–Crippen LogP) is 3.55. The number of para-hydroxylation sites is 1. The molecule has 154 valence electrons. The fraction of sp³-hybridized carbons (Fsp3) is 0.333. The maximum Gasteiger partial charge on any atom is 0.339 e. The molecule has 1 saturated carbocycles. The van der Waals surface area contributed by atoms with Gasteiger partial charge in [-0.25, -0.2) is 22.9 Å². The maximum absolute atomic E-state index is 12.8. The smallest absolute Gasteiger partial charge is 0.339 e. The topological polar surface area (TPSA) is 96.9 Å². The van der Waals surface area contributed by atoms with E-state index >= 15 is 0 Å². The minimum atomic E-state index is -3.83. The number of guanidine groups is 1. The SMILES string of the molecule is COC(=O)c1ccccc1NC(=NC1CCCCC1)NS(=O)(=O)c1ccccc1. The molecule has 0 saturated heterocycles. The van der Waals surface area contributed by atoms with Gasteiger partial charge in [-0.3, -0.25) is 0 Å². The van der Waals surface area contributed by atoms with E-state index in [4.69, 9.17) is 4.74 Å². The highest BCUT2D eigenvalue weighted by atomic mass is 32.2. The zero-order valence-electron chi connectivity index (χ0n) is 16.3. The van der Waals surface area contributed by atoms with Crippen LogP contribution in [0.2, 0.25) is 0 Å². The van der Waals surface area contributed by atoms with E-state index in [1.54, 1.807) is 42.5 Å². The molecule has 0 atom stereocenters. The molecule has 0 radical (unpaired) electrons. The molecule has 0 aromatic heterocycles.